The van der Waals surface area contributed by atoms with E-state index in [1.54, 1.807) is 7.11 Å². The van der Waals surface area contributed by atoms with Crippen molar-refractivity contribution in [1.29, 1.82) is 0 Å². The Hall–Kier alpha value is -2.24. The van der Waals surface area contributed by atoms with Crippen molar-refractivity contribution < 1.29 is 19.8 Å². The van der Waals surface area contributed by atoms with E-state index in [1.807, 2.05) is 18.2 Å². The molecule has 5 nitrogen and oxygen atoms in total. The van der Waals surface area contributed by atoms with Gasteiger partial charge in [0, 0.05) is 24.9 Å². The van der Waals surface area contributed by atoms with Crippen molar-refractivity contribution in [2.45, 2.75) is 63.4 Å². The van der Waals surface area contributed by atoms with Crippen LogP contribution < -0.4 is 0 Å². The molecule has 0 radical (unpaired) electrons. The number of aliphatic hydroxyl groups is 1. The molecule has 0 amide bonds. The van der Waals surface area contributed by atoms with Gasteiger partial charge in [-0.05, 0) is 78.7 Å². The number of methoxy groups -OCH3 is 1. The van der Waals surface area contributed by atoms with Gasteiger partial charge < -0.3 is 15.1 Å². The zero-order chi connectivity index (χ0) is 22.5. The lowest BCUT2D eigenvalue weighted by Crippen LogP contribution is -2.53. The van der Waals surface area contributed by atoms with E-state index in [9.17, 15) is 9.90 Å². The Bertz CT molecular complexity index is 1010. The Kier molecular flexibility index (Phi) is 5.37. The van der Waals surface area contributed by atoms with Crippen LogP contribution in [-0.2, 0) is 9.53 Å². The summed E-state index contributed by atoms with van der Waals surface area (Å²) in [5, 5.41) is 23.8. The number of hydrogen-bond donors (Lipinski definition) is 2. The first kappa shape index (κ1) is 21.6. The minimum Gasteiger partial charge on any atom is -0.411 e. The van der Waals surface area contributed by atoms with Crippen LogP contribution in [0.2, 0.25) is 0 Å². The van der Waals surface area contributed by atoms with Crippen molar-refractivity contribution in [3.05, 3.63) is 58.2 Å². The number of carbonyl (C=O) groups excluding carboxylic acids is 1. The predicted octanol–water partition coefficient (Wildman–Crippen LogP) is 4.77. The number of nitrogens with zero attached hydrogens (tertiary/aromatic N) is 1. The summed E-state index contributed by atoms with van der Waals surface area (Å²) in [5.41, 5.74) is 5.23. The third kappa shape index (κ3) is 3.20. The second kappa shape index (κ2) is 7.96. The largest absolute Gasteiger partial charge is 0.411 e. The van der Waals surface area contributed by atoms with Gasteiger partial charge >= 0.3 is 0 Å². The van der Waals surface area contributed by atoms with Crippen LogP contribution in [0.25, 0.3) is 0 Å². The molecule has 1 aromatic carbocycles. The molecular formula is C27H33NO4. The highest BCUT2D eigenvalue weighted by Gasteiger charge is 2.62. The van der Waals surface area contributed by atoms with Gasteiger partial charge in [0.25, 0.3) is 0 Å². The number of ketones is 1. The number of ether oxygens (including phenoxy) is 1. The maximum Gasteiger partial charge on any atom is 0.156 e. The van der Waals surface area contributed by atoms with Crippen LogP contribution in [0.5, 0.6) is 0 Å². The van der Waals surface area contributed by atoms with Crippen molar-refractivity contribution in [2.24, 2.45) is 22.4 Å². The van der Waals surface area contributed by atoms with E-state index in [0.717, 1.165) is 44.1 Å². The van der Waals surface area contributed by atoms with Gasteiger partial charge in [0.05, 0.1) is 18.4 Å². The molecule has 2 unspecified atom stereocenters. The Morgan fingerprint density at radius 2 is 1.97 bits per heavy atom. The molecule has 0 aromatic heterocycles. The van der Waals surface area contributed by atoms with Gasteiger partial charge in [-0.1, -0.05) is 41.9 Å². The van der Waals surface area contributed by atoms with Gasteiger partial charge in [-0.2, -0.15) is 0 Å². The summed E-state index contributed by atoms with van der Waals surface area (Å²) in [7, 11) is 1.68. The molecule has 0 bridgehead atoms. The molecule has 2 N–H and O–H groups in total. The van der Waals surface area contributed by atoms with Crippen LogP contribution in [0.4, 0.5) is 0 Å². The molecule has 0 saturated heterocycles. The summed E-state index contributed by atoms with van der Waals surface area (Å²) in [4.78, 5) is 12.1. The topological polar surface area (TPSA) is 79.1 Å². The van der Waals surface area contributed by atoms with Crippen LogP contribution in [0.3, 0.4) is 0 Å². The van der Waals surface area contributed by atoms with Crippen LogP contribution >= 0.6 is 0 Å². The molecule has 1 aromatic rings. The molecule has 5 rings (SSSR count). The lowest BCUT2D eigenvalue weighted by molar-refractivity contribution is -0.128. The van der Waals surface area contributed by atoms with Crippen LogP contribution in [0.1, 0.15) is 68.9 Å². The van der Waals surface area contributed by atoms with Crippen LogP contribution in [-0.4, -0.2) is 41.6 Å². The minimum atomic E-state index is -0.816. The van der Waals surface area contributed by atoms with Crippen LogP contribution in [0.15, 0.2) is 52.2 Å². The first-order valence-corrected chi connectivity index (χ1v) is 11.9. The number of fused-ring (bicyclic) bond motifs is 4. The molecule has 170 valence electrons. The number of hydrogen-bond acceptors (Lipinski definition) is 5. The number of benzene rings is 1. The average molecular weight is 436 g/mol. The second-order valence-corrected chi connectivity index (χ2v) is 10.4. The lowest BCUT2D eigenvalue weighted by Gasteiger charge is -2.54. The van der Waals surface area contributed by atoms with E-state index in [2.05, 4.69) is 24.2 Å². The van der Waals surface area contributed by atoms with Crippen molar-refractivity contribution in [3.8, 4) is 0 Å². The smallest absolute Gasteiger partial charge is 0.156 e. The van der Waals surface area contributed by atoms with Gasteiger partial charge in [0.1, 0.15) is 0 Å². The normalized spacial score (nSPS) is 36.7. The number of allylic oxidation sites excluding steroid dienone is 4. The van der Waals surface area contributed by atoms with Gasteiger partial charge in [-0.3, -0.25) is 4.79 Å². The zero-order valence-electron chi connectivity index (χ0n) is 19.0. The van der Waals surface area contributed by atoms with E-state index in [4.69, 9.17) is 9.94 Å². The third-order valence-corrected chi connectivity index (χ3v) is 8.99. The van der Waals surface area contributed by atoms with E-state index >= 15 is 0 Å². The second-order valence-electron chi connectivity index (χ2n) is 10.4. The minimum absolute atomic E-state index is 0.203. The van der Waals surface area contributed by atoms with Crippen molar-refractivity contribution in [3.63, 3.8) is 0 Å². The highest BCUT2D eigenvalue weighted by molar-refractivity contribution is 5.93. The zero-order valence-corrected chi connectivity index (χ0v) is 19.0. The van der Waals surface area contributed by atoms with Gasteiger partial charge in [0.2, 0.25) is 0 Å². The molecule has 5 atom stereocenters. The maximum atomic E-state index is 12.1. The van der Waals surface area contributed by atoms with E-state index < -0.39 is 5.60 Å². The molecule has 4 aliphatic rings. The first-order chi connectivity index (χ1) is 15.4. The van der Waals surface area contributed by atoms with Crippen LogP contribution in [0, 0.1) is 17.3 Å². The Balaban J connectivity index is 1.65. The summed E-state index contributed by atoms with van der Waals surface area (Å²) in [5.74, 6) is 1.32. The van der Waals surface area contributed by atoms with E-state index in [0.29, 0.717) is 24.9 Å². The van der Waals surface area contributed by atoms with E-state index in [1.165, 1.54) is 28.5 Å². The Morgan fingerprint density at radius 3 is 2.69 bits per heavy atom. The maximum absolute atomic E-state index is 12.1. The number of rotatable bonds is 4. The number of oxime groups is 1. The summed E-state index contributed by atoms with van der Waals surface area (Å²) < 4.78 is 5.51. The summed E-state index contributed by atoms with van der Waals surface area (Å²) in [6, 6.07) is 8.24. The SMILES string of the molecule is COC[C@]1(O)CCC2C3CCC4=CC(=O)CCC4=C3[C@@H](c3ccc(/C=N/O)cc3)C[C@@]21C. The fourth-order valence-corrected chi connectivity index (χ4v) is 7.41. The third-order valence-electron chi connectivity index (χ3n) is 8.99. The lowest BCUT2D eigenvalue weighted by atomic mass is 9.51. The molecule has 2 saturated carbocycles. The fourth-order valence-electron chi connectivity index (χ4n) is 7.41. The molecule has 0 aliphatic heterocycles. The molecular weight excluding hydrogens is 402 g/mol. The Labute approximate surface area is 189 Å². The number of carbonyl (C=O) groups is 1. The Morgan fingerprint density at radius 1 is 1.19 bits per heavy atom. The molecule has 4 aliphatic carbocycles. The summed E-state index contributed by atoms with van der Waals surface area (Å²) in [6.07, 6.45) is 9.46. The molecule has 0 heterocycles. The fraction of sp³-hybridized carbons (Fsp3) is 0.556. The molecule has 5 heteroatoms. The standard InChI is InChI=1S/C27H33NO4/c1-26-14-23(18-5-3-17(4-6-18)15-28-31)25-21-10-8-20(29)13-19(21)7-9-22(25)24(26)11-12-27(26,30)16-32-2/h3-6,13,15,22-24,30-31H,7-12,14,16H2,1-2H3/b28-15+/t22?,23-,24?,26+,27-/m1/s1. The summed E-state index contributed by atoms with van der Waals surface area (Å²) in [6.45, 7) is 2.65. The van der Waals surface area contributed by atoms with Crippen molar-refractivity contribution in [2.75, 3.05) is 13.7 Å². The average Bonchev–Trinajstić information content (AvgIpc) is 3.04. The predicted molar refractivity (Wildman–Crippen MR) is 123 cm³/mol. The van der Waals surface area contributed by atoms with Gasteiger partial charge in [-0.25, -0.2) is 0 Å². The van der Waals surface area contributed by atoms with Gasteiger partial charge in [0.15, 0.2) is 5.78 Å². The van der Waals surface area contributed by atoms with E-state index in [-0.39, 0.29) is 17.1 Å². The first-order valence-electron chi connectivity index (χ1n) is 11.9. The van der Waals surface area contributed by atoms with Gasteiger partial charge in [-0.15, -0.1) is 0 Å². The van der Waals surface area contributed by atoms with Crippen molar-refractivity contribution >= 4 is 12.0 Å². The quantitative estimate of drug-likeness (QED) is 0.406. The van der Waals surface area contributed by atoms with Crippen molar-refractivity contribution in [1.82, 2.24) is 0 Å². The summed E-state index contributed by atoms with van der Waals surface area (Å²) >= 11 is 0. The molecule has 32 heavy (non-hydrogen) atoms. The molecule has 2 fully saturated rings. The highest BCUT2D eigenvalue weighted by atomic mass is 16.5. The highest BCUT2D eigenvalue weighted by Crippen LogP contribution is 2.66. The molecule has 0 spiro atoms. The monoisotopic (exact) mass is 435 g/mol.